The highest BCUT2D eigenvalue weighted by Gasteiger charge is 2.14. The molecule has 0 N–H and O–H groups in total. The average Bonchev–Trinajstić information content (AvgIpc) is 2.79. The molecule has 0 bridgehead atoms. The van der Waals surface area contributed by atoms with Crippen molar-refractivity contribution < 1.29 is 9.53 Å². The molecule has 32 heavy (non-hydrogen) atoms. The molecule has 0 fully saturated rings. The molecule has 0 saturated carbocycles. The van der Waals surface area contributed by atoms with E-state index < -0.39 is 0 Å². The van der Waals surface area contributed by atoms with Gasteiger partial charge in [0.05, 0.1) is 0 Å². The lowest BCUT2D eigenvalue weighted by Gasteiger charge is -2.18. The molecule has 0 aromatic carbocycles. The van der Waals surface area contributed by atoms with E-state index in [1.165, 1.54) is 135 Å². The minimum Gasteiger partial charge on any atom is -0.462 e. The van der Waals surface area contributed by atoms with Gasteiger partial charge in [0, 0.05) is 6.42 Å². The van der Waals surface area contributed by atoms with E-state index in [0.717, 1.165) is 19.3 Å². The van der Waals surface area contributed by atoms with Gasteiger partial charge in [-0.05, 0) is 32.1 Å². The van der Waals surface area contributed by atoms with E-state index in [4.69, 9.17) is 4.74 Å². The number of carbonyl (C=O) groups excluding carboxylic acids is 1. The third kappa shape index (κ3) is 24.1. The fraction of sp³-hybridized carbons (Fsp3) is 0.967. The van der Waals surface area contributed by atoms with Gasteiger partial charge in [-0.1, -0.05) is 143 Å². The van der Waals surface area contributed by atoms with Crippen LogP contribution < -0.4 is 0 Å². The Morgan fingerprint density at radius 2 is 0.781 bits per heavy atom. The summed E-state index contributed by atoms with van der Waals surface area (Å²) in [5.74, 6) is 0.0612. The van der Waals surface area contributed by atoms with E-state index in [-0.39, 0.29) is 12.1 Å². The quantitative estimate of drug-likeness (QED) is 0.0963. The van der Waals surface area contributed by atoms with Gasteiger partial charge in [-0.2, -0.15) is 0 Å². The zero-order valence-corrected chi connectivity index (χ0v) is 22.6. The summed E-state index contributed by atoms with van der Waals surface area (Å²) in [6.07, 6.45) is 31.8. The van der Waals surface area contributed by atoms with Gasteiger partial charge in [0.2, 0.25) is 0 Å². The Hall–Kier alpha value is -0.530. The molecule has 0 saturated heterocycles. The predicted molar refractivity (Wildman–Crippen MR) is 142 cm³/mol. The number of ether oxygens (including phenoxy) is 1. The number of hydrogen-bond acceptors (Lipinski definition) is 2. The first-order chi connectivity index (χ1) is 15.7. The van der Waals surface area contributed by atoms with Gasteiger partial charge in [-0.25, -0.2) is 0 Å². The fourth-order valence-corrected chi connectivity index (χ4v) is 4.57. The van der Waals surface area contributed by atoms with Crippen LogP contribution in [-0.4, -0.2) is 12.1 Å². The maximum Gasteiger partial charge on any atom is 0.306 e. The SMILES string of the molecule is CCCCCCCCCCC(CCCCCCCCC)OC(=O)CCCCCCCCC. The third-order valence-corrected chi connectivity index (χ3v) is 6.79. The number of esters is 1. The smallest absolute Gasteiger partial charge is 0.306 e. The highest BCUT2D eigenvalue weighted by atomic mass is 16.5. The standard InChI is InChI=1S/C30H60O2/c1-4-7-10-13-16-19-21-24-27-29(26-23-20-17-14-11-8-5-2)32-30(31)28-25-22-18-15-12-9-6-3/h29H,4-28H2,1-3H3. The Morgan fingerprint density at radius 3 is 1.16 bits per heavy atom. The zero-order valence-electron chi connectivity index (χ0n) is 22.6. The van der Waals surface area contributed by atoms with Gasteiger partial charge >= 0.3 is 5.97 Å². The van der Waals surface area contributed by atoms with E-state index >= 15 is 0 Å². The summed E-state index contributed by atoms with van der Waals surface area (Å²) in [6.45, 7) is 6.81. The maximum absolute atomic E-state index is 12.4. The molecule has 1 atom stereocenters. The monoisotopic (exact) mass is 452 g/mol. The second kappa shape index (κ2) is 26.7. The van der Waals surface area contributed by atoms with Crippen molar-refractivity contribution in [3.05, 3.63) is 0 Å². The van der Waals surface area contributed by atoms with Crippen molar-refractivity contribution in [2.75, 3.05) is 0 Å². The van der Waals surface area contributed by atoms with E-state index in [2.05, 4.69) is 20.8 Å². The third-order valence-electron chi connectivity index (χ3n) is 6.79. The lowest BCUT2D eigenvalue weighted by atomic mass is 10.0. The Balaban J connectivity index is 4.01. The van der Waals surface area contributed by atoms with Crippen LogP contribution in [0.25, 0.3) is 0 Å². The van der Waals surface area contributed by atoms with Gasteiger partial charge in [-0.15, -0.1) is 0 Å². The second-order valence-electron chi connectivity index (χ2n) is 10.2. The average molecular weight is 453 g/mol. The van der Waals surface area contributed by atoms with Crippen molar-refractivity contribution >= 4 is 5.97 Å². The molecule has 192 valence electrons. The van der Waals surface area contributed by atoms with Crippen molar-refractivity contribution in [3.8, 4) is 0 Å². The first-order valence-electron chi connectivity index (χ1n) is 14.9. The molecule has 2 nitrogen and oxygen atoms in total. The Kier molecular flexibility index (Phi) is 26.3. The summed E-state index contributed by atoms with van der Waals surface area (Å²) in [5.41, 5.74) is 0. The van der Waals surface area contributed by atoms with Crippen LogP contribution >= 0.6 is 0 Å². The first kappa shape index (κ1) is 31.5. The highest BCUT2D eigenvalue weighted by molar-refractivity contribution is 5.69. The highest BCUT2D eigenvalue weighted by Crippen LogP contribution is 2.18. The zero-order chi connectivity index (χ0) is 23.5. The van der Waals surface area contributed by atoms with E-state index in [0.29, 0.717) is 6.42 Å². The lowest BCUT2D eigenvalue weighted by molar-refractivity contribution is -0.150. The number of rotatable bonds is 26. The molecule has 0 spiro atoms. The van der Waals surface area contributed by atoms with Crippen molar-refractivity contribution in [2.45, 2.75) is 187 Å². The summed E-state index contributed by atoms with van der Waals surface area (Å²) in [7, 11) is 0. The van der Waals surface area contributed by atoms with Crippen molar-refractivity contribution in [3.63, 3.8) is 0 Å². The van der Waals surface area contributed by atoms with Crippen molar-refractivity contribution in [1.29, 1.82) is 0 Å². The molecule has 0 heterocycles. The molecule has 0 aliphatic carbocycles. The molecular weight excluding hydrogens is 392 g/mol. The lowest BCUT2D eigenvalue weighted by Crippen LogP contribution is -2.18. The summed E-state index contributed by atoms with van der Waals surface area (Å²) < 4.78 is 5.96. The van der Waals surface area contributed by atoms with Gasteiger partial charge < -0.3 is 4.74 Å². The van der Waals surface area contributed by atoms with Crippen molar-refractivity contribution in [1.82, 2.24) is 0 Å². The normalized spacial score (nSPS) is 12.2. The fourth-order valence-electron chi connectivity index (χ4n) is 4.57. The van der Waals surface area contributed by atoms with Crippen molar-refractivity contribution in [2.24, 2.45) is 0 Å². The molecule has 0 aromatic rings. The molecule has 0 radical (unpaired) electrons. The topological polar surface area (TPSA) is 26.3 Å². The molecule has 0 rings (SSSR count). The maximum atomic E-state index is 12.4. The van der Waals surface area contributed by atoms with Gasteiger partial charge in [0.25, 0.3) is 0 Å². The molecule has 2 heteroatoms. The number of unbranched alkanes of at least 4 members (excludes halogenated alkanes) is 19. The number of carbonyl (C=O) groups is 1. The van der Waals surface area contributed by atoms with Crippen LogP contribution in [0.1, 0.15) is 181 Å². The Morgan fingerprint density at radius 1 is 0.469 bits per heavy atom. The van der Waals surface area contributed by atoms with Gasteiger partial charge in [-0.3, -0.25) is 4.79 Å². The van der Waals surface area contributed by atoms with Crippen LogP contribution in [0.5, 0.6) is 0 Å². The van der Waals surface area contributed by atoms with Crippen LogP contribution in [0.3, 0.4) is 0 Å². The molecule has 0 aliphatic heterocycles. The second-order valence-corrected chi connectivity index (χ2v) is 10.2. The predicted octanol–water partition coefficient (Wildman–Crippen LogP) is 10.7. The van der Waals surface area contributed by atoms with E-state index in [1.807, 2.05) is 0 Å². The minimum absolute atomic E-state index is 0.0612. The molecule has 0 aliphatic rings. The van der Waals surface area contributed by atoms with Crippen LogP contribution in [-0.2, 0) is 9.53 Å². The van der Waals surface area contributed by atoms with Crippen LogP contribution in [0.4, 0.5) is 0 Å². The molecular formula is C30H60O2. The first-order valence-corrected chi connectivity index (χ1v) is 14.9. The van der Waals surface area contributed by atoms with Crippen LogP contribution in [0, 0.1) is 0 Å². The Labute approximate surface area is 203 Å². The van der Waals surface area contributed by atoms with E-state index in [1.54, 1.807) is 0 Å². The van der Waals surface area contributed by atoms with Gasteiger partial charge in [0.1, 0.15) is 6.10 Å². The Bertz CT molecular complexity index is 366. The number of hydrogen-bond donors (Lipinski definition) is 0. The largest absolute Gasteiger partial charge is 0.462 e. The van der Waals surface area contributed by atoms with Gasteiger partial charge in [0.15, 0.2) is 0 Å². The summed E-state index contributed by atoms with van der Waals surface area (Å²) in [5, 5.41) is 0. The van der Waals surface area contributed by atoms with Crippen LogP contribution in [0.15, 0.2) is 0 Å². The summed E-state index contributed by atoms with van der Waals surface area (Å²) >= 11 is 0. The molecule has 0 amide bonds. The molecule has 0 aromatic heterocycles. The summed E-state index contributed by atoms with van der Waals surface area (Å²) in [4.78, 5) is 12.4. The minimum atomic E-state index is 0.0612. The molecule has 1 unspecified atom stereocenters. The summed E-state index contributed by atoms with van der Waals surface area (Å²) in [6, 6.07) is 0. The van der Waals surface area contributed by atoms with Crippen LogP contribution in [0.2, 0.25) is 0 Å². The van der Waals surface area contributed by atoms with E-state index in [9.17, 15) is 4.79 Å².